The Morgan fingerprint density at radius 3 is 2.59 bits per heavy atom. The number of nitrogens with one attached hydrogen (secondary N) is 1. The van der Waals surface area contributed by atoms with Crippen molar-refractivity contribution in [1.82, 2.24) is 19.7 Å². The number of benzene rings is 1. The molecule has 0 amide bonds. The summed E-state index contributed by atoms with van der Waals surface area (Å²) in [5.74, 6) is 0.252. The zero-order chi connectivity index (χ0) is 15.1. The van der Waals surface area contributed by atoms with E-state index in [4.69, 9.17) is 0 Å². The van der Waals surface area contributed by atoms with Gasteiger partial charge in [-0.2, -0.15) is 10.1 Å². The summed E-state index contributed by atoms with van der Waals surface area (Å²) >= 11 is 0. The predicted octanol–water partition coefficient (Wildman–Crippen LogP) is 1.85. The molecule has 0 unspecified atom stereocenters. The molecule has 1 saturated heterocycles. The number of anilines is 1. The summed E-state index contributed by atoms with van der Waals surface area (Å²) in [6.07, 6.45) is 3.68. The van der Waals surface area contributed by atoms with Crippen LogP contribution in [0, 0.1) is 5.82 Å². The van der Waals surface area contributed by atoms with Gasteiger partial charge in [-0.15, -0.1) is 0 Å². The van der Waals surface area contributed by atoms with Crippen molar-refractivity contribution in [2.75, 3.05) is 18.0 Å². The lowest BCUT2D eigenvalue weighted by molar-refractivity contribution is 0.627. The van der Waals surface area contributed by atoms with Gasteiger partial charge in [0.05, 0.1) is 11.9 Å². The quantitative estimate of drug-likeness (QED) is 0.784. The number of hydrogen-bond donors (Lipinski definition) is 1. The largest absolute Gasteiger partial charge is 0.342 e. The van der Waals surface area contributed by atoms with E-state index in [9.17, 15) is 9.18 Å². The number of fused-ring (bicyclic) bond motifs is 1. The monoisotopic (exact) mass is 299 g/mol. The van der Waals surface area contributed by atoms with Crippen LogP contribution in [0.4, 0.5) is 10.3 Å². The molecule has 1 N–H and O–H groups in total. The first-order valence-electron chi connectivity index (χ1n) is 7.21. The maximum absolute atomic E-state index is 13.1. The summed E-state index contributed by atoms with van der Waals surface area (Å²) in [6.45, 7) is 1.78. The third-order valence-corrected chi connectivity index (χ3v) is 3.90. The first-order valence-corrected chi connectivity index (χ1v) is 7.21. The highest BCUT2D eigenvalue weighted by Gasteiger charge is 2.18. The minimum atomic E-state index is -0.316. The van der Waals surface area contributed by atoms with E-state index in [-0.39, 0.29) is 11.4 Å². The molecule has 7 heteroatoms. The van der Waals surface area contributed by atoms with Crippen LogP contribution in [0.5, 0.6) is 0 Å². The lowest BCUT2D eigenvalue weighted by Crippen LogP contribution is -2.24. The Labute approximate surface area is 125 Å². The Kier molecular flexibility index (Phi) is 2.92. The Morgan fingerprint density at radius 2 is 1.86 bits per heavy atom. The van der Waals surface area contributed by atoms with E-state index < -0.39 is 0 Å². The smallest absolute Gasteiger partial charge is 0.263 e. The summed E-state index contributed by atoms with van der Waals surface area (Å²) in [7, 11) is 0. The number of aromatic nitrogens is 4. The molecule has 112 valence electrons. The minimum Gasteiger partial charge on any atom is -0.342 e. The van der Waals surface area contributed by atoms with Crippen molar-refractivity contribution in [3.8, 4) is 5.69 Å². The van der Waals surface area contributed by atoms with Crippen LogP contribution in [0.25, 0.3) is 16.7 Å². The Bertz CT molecular complexity index is 877. The molecule has 0 aliphatic carbocycles. The normalized spacial score (nSPS) is 14.9. The number of rotatable bonds is 2. The molecular weight excluding hydrogens is 285 g/mol. The van der Waals surface area contributed by atoms with Gasteiger partial charge in [-0.3, -0.25) is 9.78 Å². The third-order valence-electron chi connectivity index (χ3n) is 3.90. The molecule has 3 heterocycles. The van der Waals surface area contributed by atoms with Crippen LogP contribution in [0.2, 0.25) is 0 Å². The van der Waals surface area contributed by atoms with E-state index in [0.29, 0.717) is 22.7 Å². The summed E-state index contributed by atoms with van der Waals surface area (Å²) in [6, 6.07) is 5.94. The fourth-order valence-corrected chi connectivity index (χ4v) is 2.76. The van der Waals surface area contributed by atoms with Crippen LogP contribution in [-0.4, -0.2) is 32.8 Å². The molecule has 1 aliphatic rings. The maximum Gasteiger partial charge on any atom is 0.263 e. The van der Waals surface area contributed by atoms with Crippen molar-refractivity contribution in [3.05, 3.63) is 46.6 Å². The highest BCUT2D eigenvalue weighted by atomic mass is 19.1. The molecular formula is C15H14FN5O. The zero-order valence-corrected chi connectivity index (χ0v) is 11.8. The molecule has 1 fully saturated rings. The van der Waals surface area contributed by atoms with Crippen LogP contribution in [0.15, 0.2) is 35.3 Å². The van der Waals surface area contributed by atoms with Crippen molar-refractivity contribution < 1.29 is 4.39 Å². The van der Waals surface area contributed by atoms with Gasteiger partial charge in [0.25, 0.3) is 5.56 Å². The molecule has 6 nitrogen and oxygen atoms in total. The van der Waals surface area contributed by atoms with Gasteiger partial charge in [-0.05, 0) is 37.1 Å². The topological polar surface area (TPSA) is 66.8 Å². The molecule has 0 atom stereocenters. The van der Waals surface area contributed by atoms with E-state index in [1.54, 1.807) is 16.8 Å². The van der Waals surface area contributed by atoms with E-state index in [0.717, 1.165) is 25.9 Å². The Hall–Kier alpha value is -2.70. The fourth-order valence-electron chi connectivity index (χ4n) is 2.76. The zero-order valence-electron chi connectivity index (χ0n) is 11.8. The van der Waals surface area contributed by atoms with E-state index in [1.165, 1.54) is 18.3 Å². The molecule has 2 aromatic heterocycles. The fraction of sp³-hybridized carbons (Fsp3) is 0.267. The standard InChI is InChI=1S/C15H14FN5O/c16-10-3-5-11(6-4-10)21-13-12(9-17-21)14(22)19-15(18-13)20-7-1-2-8-20/h3-6,9H,1-2,7-8H2,(H,18,19,22). The minimum absolute atomic E-state index is 0.208. The van der Waals surface area contributed by atoms with E-state index >= 15 is 0 Å². The van der Waals surface area contributed by atoms with E-state index in [2.05, 4.69) is 20.0 Å². The first-order chi connectivity index (χ1) is 10.7. The molecule has 1 aromatic carbocycles. The summed E-state index contributed by atoms with van der Waals surface area (Å²) < 4.78 is 14.6. The van der Waals surface area contributed by atoms with Crippen LogP contribution in [-0.2, 0) is 0 Å². The van der Waals surface area contributed by atoms with Gasteiger partial charge in [0.1, 0.15) is 11.2 Å². The van der Waals surface area contributed by atoms with Crippen molar-refractivity contribution >= 4 is 17.0 Å². The van der Waals surface area contributed by atoms with Gasteiger partial charge in [0, 0.05) is 13.1 Å². The van der Waals surface area contributed by atoms with Crippen molar-refractivity contribution in [1.29, 1.82) is 0 Å². The Morgan fingerprint density at radius 1 is 1.14 bits per heavy atom. The average molecular weight is 299 g/mol. The molecule has 0 bridgehead atoms. The number of nitrogens with zero attached hydrogens (tertiary/aromatic N) is 4. The average Bonchev–Trinajstić information content (AvgIpc) is 3.17. The number of aromatic amines is 1. The van der Waals surface area contributed by atoms with Gasteiger partial charge < -0.3 is 4.90 Å². The molecule has 3 aromatic rings. The molecule has 1 aliphatic heterocycles. The lowest BCUT2D eigenvalue weighted by atomic mass is 10.3. The molecule has 0 spiro atoms. The van der Waals surface area contributed by atoms with E-state index in [1.807, 2.05) is 0 Å². The van der Waals surface area contributed by atoms with Gasteiger partial charge in [-0.25, -0.2) is 9.07 Å². The lowest BCUT2D eigenvalue weighted by Gasteiger charge is -2.15. The second kappa shape index (κ2) is 4.94. The van der Waals surface area contributed by atoms with Crippen LogP contribution < -0.4 is 10.5 Å². The summed E-state index contributed by atoms with van der Waals surface area (Å²) in [4.78, 5) is 21.6. The SMILES string of the molecule is O=c1[nH]c(N2CCCC2)nc2c1cnn2-c1ccc(F)cc1. The van der Waals surface area contributed by atoms with Gasteiger partial charge >= 0.3 is 0 Å². The highest BCUT2D eigenvalue weighted by Crippen LogP contribution is 2.19. The first kappa shape index (κ1) is 13.0. The predicted molar refractivity (Wildman–Crippen MR) is 80.9 cm³/mol. The molecule has 22 heavy (non-hydrogen) atoms. The highest BCUT2D eigenvalue weighted by molar-refractivity contribution is 5.76. The van der Waals surface area contributed by atoms with Gasteiger partial charge in [-0.1, -0.05) is 0 Å². The van der Waals surface area contributed by atoms with Crippen LogP contribution in [0.1, 0.15) is 12.8 Å². The Balaban J connectivity index is 1.89. The molecule has 0 saturated carbocycles. The van der Waals surface area contributed by atoms with Gasteiger partial charge in [0.15, 0.2) is 5.65 Å². The van der Waals surface area contributed by atoms with Crippen molar-refractivity contribution in [2.45, 2.75) is 12.8 Å². The van der Waals surface area contributed by atoms with Gasteiger partial charge in [0.2, 0.25) is 5.95 Å². The number of halogens is 1. The van der Waals surface area contributed by atoms with Crippen LogP contribution >= 0.6 is 0 Å². The summed E-state index contributed by atoms with van der Waals surface area (Å²) in [5, 5.41) is 4.64. The molecule has 0 radical (unpaired) electrons. The third kappa shape index (κ3) is 2.05. The van der Waals surface area contributed by atoms with Crippen LogP contribution in [0.3, 0.4) is 0 Å². The second-order valence-corrected chi connectivity index (χ2v) is 5.35. The number of H-pyrrole nitrogens is 1. The number of hydrogen-bond acceptors (Lipinski definition) is 4. The van der Waals surface area contributed by atoms with Crippen molar-refractivity contribution in [2.24, 2.45) is 0 Å². The maximum atomic E-state index is 13.1. The molecule has 4 rings (SSSR count). The summed E-state index contributed by atoms with van der Waals surface area (Å²) in [5.41, 5.74) is 0.944. The second-order valence-electron chi connectivity index (χ2n) is 5.35. The van der Waals surface area contributed by atoms with Crippen molar-refractivity contribution in [3.63, 3.8) is 0 Å².